The van der Waals surface area contributed by atoms with Crippen molar-refractivity contribution in [1.82, 2.24) is 0 Å². The minimum Gasteiger partial charge on any atom is -0.374 e. The second-order valence-electron chi connectivity index (χ2n) is 7.11. The Morgan fingerprint density at radius 3 is 2.57 bits per heavy atom. The molecule has 0 bridgehead atoms. The van der Waals surface area contributed by atoms with Gasteiger partial charge >= 0.3 is 0 Å². The highest BCUT2D eigenvalue weighted by molar-refractivity contribution is 7.90. The van der Waals surface area contributed by atoms with Gasteiger partial charge in [0.25, 0.3) is 5.69 Å². The van der Waals surface area contributed by atoms with Crippen LogP contribution in [0.25, 0.3) is 0 Å². The number of hydrogen-bond donors (Lipinski definition) is 1. The van der Waals surface area contributed by atoms with E-state index in [1.54, 1.807) is 0 Å². The Hall–Kier alpha value is -2.45. The van der Waals surface area contributed by atoms with E-state index in [0.29, 0.717) is 24.1 Å². The number of nitrogens with one attached hydrogen (secondary N) is 1. The lowest BCUT2D eigenvalue weighted by Gasteiger charge is -2.22. The number of sulfone groups is 1. The van der Waals surface area contributed by atoms with Crippen LogP contribution in [0.2, 0.25) is 0 Å². The minimum absolute atomic E-state index is 0.106. The molecule has 8 heteroatoms. The van der Waals surface area contributed by atoms with Gasteiger partial charge in [-0.05, 0) is 36.6 Å². The maximum atomic E-state index is 12.1. The number of nitrogens with zero attached hydrogens (tertiary/aromatic N) is 1. The van der Waals surface area contributed by atoms with Gasteiger partial charge in [0.15, 0.2) is 9.84 Å². The summed E-state index contributed by atoms with van der Waals surface area (Å²) in [7, 11) is -3.64. The number of non-ortho nitro benzene ring substituents is 1. The summed E-state index contributed by atoms with van der Waals surface area (Å²) in [6, 6.07) is 11.3. The van der Waals surface area contributed by atoms with E-state index in [-0.39, 0.29) is 10.6 Å². The molecule has 0 spiro atoms. The summed E-state index contributed by atoms with van der Waals surface area (Å²) in [4.78, 5) is 10.3. The largest absolute Gasteiger partial charge is 0.374 e. The van der Waals surface area contributed by atoms with Crippen molar-refractivity contribution in [3.05, 3.63) is 58.1 Å². The van der Waals surface area contributed by atoms with Crippen molar-refractivity contribution in [3.63, 3.8) is 0 Å². The van der Waals surface area contributed by atoms with Gasteiger partial charge in [0.05, 0.1) is 28.2 Å². The fraction of sp³-hybridized carbons (Fsp3) is 0.400. The van der Waals surface area contributed by atoms with E-state index >= 15 is 0 Å². The molecule has 1 fully saturated rings. The first kappa shape index (κ1) is 20.3. The van der Waals surface area contributed by atoms with E-state index < -0.39 is 14.8 Å². The van der Waals surface area contributed by atoms with Crippen molar-refractivity contribution in [2.24, 2.45) is 0 Å². The predicted molar refractivity (Wildman–Crippen MR) is 108 cm³/mol. The fourth-order valence-electron chi connectivity index (χ4n) is 3.37. The first-order chi connectivity index (χ1) is 13.3. The molecule has 1 N–H and O–H groups in total. The van der Waals surface area contributed by atoms with Crippen molar-refractivity contribution in [2.75, 3.05) is 11.6 Å². The molecule has 0 aromatic heterocycles. The molecule has 150 valence electrons. The number of anilines is 2. The molecular weight excluding hydrogens is 380 g/mol. The smallest absolute Gasteiger partial charge is 0.270 e. The normalized spacial score (nSPS) is 15.3. The third-order valence-corrected chi connectivity index (χ3v) is 5.96. The molecule has 1 saturated carbocycles. The van der Waals surface area contributed by atoms with E-state index in [4.69, 9.17) is 4.74 Å². The van der Waals surface area contributed by atoms with Gasteiger partial charge in [0, 0.05) is 24.1 Å². The van der Waals surface area contributed by atoms with Crippen LogP contribution in [0.4, 0.5) is 17.1 Å². The van der Waals surface area contributed by atoms with E-state index in [2.05, 4.69) is 5.32 Å². The molecule has 2 aromatic carbocycles. The van der Waals surface area contributed by atoms with Crippen LogP contribution >= 0.6 is 0 Å². The standard InChI is InChI=1S/C20H24N2O5S/c1-28(25,26)20-13-17(22(23)24)10-11-19(20)21-16-7-5-6-15(12-16)14-27-18-8-3-2-4-9-18/h5-7,10-13,18,21H,2-4,8-9,14H2,1H3. The predicted octanol–water partition coefficient (Wildman–Crippen LogP) is 4.59. The van der Waals surface area contributed by atoms with Crippen molar-refractivity contribution in [3.8, 4) is 0 Å². The molecule has 0 atom stereocenters. The van der Waals surface area contributed by atoms with Crippen LogP contribution in [0.3, 0.4) is 0 Å². The van der Waals surface area contributed by atoms with Gasteiger partial charge < -0.3 is 10.1 Å². The maximum absolute atomic E-state index is 12.1. The van der Waals surface area contributed by atoms with Crippen LogP contribution in [0.15, 0.2) is 47.4 Å². The molecule has 28 heavy (non-hydrogen) atoms. The van der Waals surface area contributed by atoms with Gasteiger partial charge in [-0.3, -0.25) is 10.1 Å². The van der Waals surface area contributed by atoms with Crippen LogP contribution in [-0.4, -0.2) is 25.7 Å². The molecule has 0 radical (unpaired) electrons. The molecule has 3 rings (SSSR count). The molecule has 0 aliphatic heterocycles. The third kappa shape index (κ3) is 5.30. The van der Waals surface area contributed by atoms with Crippen molar-refractivity contribution in [1.29, 1.82) is 0 Å². The van der Waals surface area contributed by atoms with Gasteiger partial charge in [0.2, 0.25) is 0 Å². The monoisotopic (exact) mass is 404 g/mol. The topological polar surface area (TPSA) is 98.5 Å². The Morgan fingerprint density at radius 2 is 1.89 bits per heavy atom. The van der Waals surface area contributed by atoms with E-state index in [1.807, 2.05) is 24.3 Å². The van der Waals surface area contributed by atoms with Gasteiger partial charge in [-0.1, -0.05) is 31.4 Å². The van der Waals surface area contributed by atoms with Crippen LogP contribution in [0.5, 0.6) is 0 Å². The first-order valence-corrected chi connectivity index (χ1v) is 11.2. The van der Waals surface area contributed by atoms with Crippen molar-refractivity contribution in [2.45, 2.75) is 49.7 Å². The quantitative estimate of drug-likeness (QED) is 0.535. The third-order valence-electron chi connectivity index (χ3n) is 4.82. The summed E-state index contributed by atoms with van der Waals surface area (Å²) in [5, 5.41) is 14.0. The lowest BCUT2D eigenvalue weighted by atomic mass is 9.98. The van der Waals surface area contributed by atoms with Crippen LogP contribution in [0, 0.1) is 10.1 Å². The maximum Gasteiger partial charge on any atom is 0.270 e. The Labute approximate surface area is 164 Å². The number of nitro groups is 1. The van der Waals surface area contributed by atoms with Crippen molar-refractivity contribution >= 4 is 26.9 Å². The Bertz CT molecular complexity index is 953. The molecule has 0 unspecified atom stereocenters. The minimum atomic E-state index is -3.64. The second kappa shape index (κ2) is 8.70. The first-order valence-electron chi connectivity index (χ1n) is 9.29. The average molecular weight is 404 g/mol. The summed E-state index contributed by atoms with van der Waals surface area (Å²) >= 11 is 0. The van der Waals surface area contributed by atoms with Gasteiger partial charge in [-0.2, -0.15) is 0 Å². The Kier molecular flexibility index (Phi) is 6.31. The Morgan fingerprint density at radius 1 is 1.14 bits per heavy atom. The lowest BCUT2D eigenvalue weighted by molar-refractivity contribution is -0.385. The van der Waals surface area contributed by atoms with Crippen LogP contribution in [-0.2, 0) is 21.2 Å². The molecule has 0 saturated heterocycles. The number of rotatable bonds is 7. The number of benzene rings is 2. The van der Waals surface area contributed by atoms with Crippen molar-refractivity contribution < 1.29 is 18.1 Å². The molecule has 7 nitrogen and oxygen atoms in total. The molecule has 1 aliphatic carbocycles. The second-order valence-corrected chi connectivity index (χ2v) is 9.09. The van der Waals surface area contributed by atoms with E-state index in [0.717, 1.165) is 30.7 Å². The summed E-state index contributed by atoms with van der Waals surface area (Å²) in [6.45, 7) is 0.499. The molecule has 1 aliphatic rings. The molecule has 2 aromatic rings. The van der Waals surface area contributed by atoms with Gasteiger partial charge in [0.1, 0.15) is 0 Å². The average Bonchev–Trinajstić information content (AvgIpc) is 2.67. The highest BCUT2D eigenvalue weighted by Crippen LogP contribution is 2.29. The zero-order valence-corrected chi connectivity index (χ0v) is 16.6. The van der Waals surface area contributed by atoms with Gasteiger partial charge in [-0.15, -0.1) is 0 Å². The summed E-state index contributed by atoms with van der Waals surface area (Å²) in [5.74, 6) is 0. The van der Waals surface area contributed by atoms with E-state index in [9.17, 15) is 18.5 Å². The zero-order valence-electron chi connectivity index (χ0n) is 15.8. The van der Waals surface area contributed by atoms with Crippen LogP contribution < -0.4 is 5.32 Å². The lowest BCUT2D eigenvalue weighted by Crippen LogP contribution is -2.16. The fourth-order valence-corrected chi connectivity index (χ4v) is 4.23. The molecular formula is C20H24N2O5S. The van der Waals surface area contributed by atoms with Crippen LogP contribution in [0.1, 0.15) is 37.7 Å². The Balaban J connectivity index is 1.77. The summed E-state index contributed by atoms with van der Waals surface area (Å²) in [5.41, 5.74) is 1.72. The highest BCUT2D eigenvalue weighted by atomic mass is 32.2. The summed E-state index contributed by atoms with van der Waals surface area (Å²) < 4.78 is 30.2. The van der Waals surface area contributed by atoms with E-state index in [1.165, 1.54) is 31.4 Å². The molecule has 0 heterocycles. The number of hydrogen-bond acceptors (Lipinski definition) is 6. The highest BCUT2D eigenvalue weighted by Gasteiger charge is 2.19. The van der Waals surface area contributed by atoms with Gasteiger partial charge in [-0.25, -0.2) is 8.42 Å². The molecule has 0 amide bonds. The number of ether oxygens (including phenoxy) is 1. The zero-order chi connectivity index (χ0) is 20.1. The summed E-state index contributed by atoms with van der Waals surface area (Å²) in [6.07, 6.45) is 7.22. The number of nitro benzene ring substituents is 1. The SMILES string of the molecule is CS(=O)(=O)c1cc([N+](=O)[O-])ccc1Nc1cccc(COC2CCCCC2)c1.